The van der Waals surface area contributed by atoms with Gasteiger partial charge in [0.05, 0.1) is 13.2 Å². The predicted molar refractivity (Wildman–Crippen MR) is 59.5 cm³/mol. The van der Waals surface area contributed by atoms with Crippen LogP contribution < -0.4 is 0 Å². The first kappa shape index (κ1) is 11.3. The Labute approximate surface area is 87.0 Å². The first-order valence-corrected chi connectivity index (χ1v) is 5.83. The van der Waals surface area contributed by atoms with Crippen molar-refractivity contribution in [1.29, 1.82) is 0 Å². The molecular weight excluding hydrogens is 182 g/mol. The lowest BCUT2D eigenvalue weighted by molar-refractivity contribution is -0.0131. The van der Waals surface area contributed by atoms with E-state index in [-0.39, 0.29) is 0 Å². The van der Waals surface area contributed by atoms with Gasteiger partial charge in [-0.1, -0.05) is 13.8 Å². The fourth-order valence-corrected chi connectivity index (χ4v) is 1.88. The van der Waals surface area contributed by atoms with Crippen LogP contribution in [0.25, 0.3) is 0 Å². The molecule has 1 aliphatic heterocycles. The number of hydrogen-bond acceptors (Lipinski definition) is 3. The summed E-state index contributed by atoms with van der Waals surface area (Å²) in [7, 11) is 0. The highest BCUT2D eigenvalue weighted by molar-refractivity contribution is 7.80. The monoisotopic (exact) mass is 203 g/mol. The Morgan fingerprint density at radius 3 is 3.00 bits per heavy atom. The van der Waals surface area contributed by atoms with E-state index in [0.717, 1.165) is 25.5 Å². The fraction of sp³-hybridized carbons (Fsp3) is 1.00. The number of thiol groups is 1. The third kappa shape index (κ3) is 3.49. The van der Waals surface area contributed by atoms with Crippen LogP contribution in [0.4, 0.5) is 0 Å². The molecule has 0 aromatic carbocycles. The number of rotatable bonds is 4. The predicted octanol–water partition coefficient (Wildman–Crippen LogP) is 1.66. The Kier molecular flexibility index (Phi) is 5.14. The lowest BCUT2D eigenvalue weighted by Crippen LogP contribution is -2.46. The van der Waals surface area contributed by atoms with Crippen LogP contribution in [0.2, 0.25) is 0 Å². The number of nitrogens with zero attached hydrogens (tertiary/aromatic N) is 1. The van der Waals surface area contributed by atoms with Crippen LogP contribution >= 0.6 is 12.6 Å². The molecular formula is C10H21NOS. The maximum absolute atomic E-state index is 5.46. The lowest BCUT2D eigenvalue weighted by atomic mass is 10.1. The smallest absolute Gasteiger partial charge is 0.0622 e. The van der Waals surface area contributed by atoms with Crippen molar-refractivity contribution in [3.05, 3.63) is 0 Å². The Morgan fingerprint density at radius 2 is 2.38 bits per heavy atom. The van der Waals surface area contributed by atoms with E-state index >= 15 is 0 Å². The van der Waals surface area contributed by atoms with Gasteiger partial charge in [0.2, 0.25) is 0 Å². The van der Waals surface area contributed by atoms with E-state index in [2.05, 4.69) is 31.4 Å². The first-order valence-electron chi connectivity index (χ1n) is 5.20. The molecule has 0 aliphatic carbocycles. The molecule has 2 nitrogen and oxygen atoms in total. The van der Waals surface area contributed by atoms with E-state index in [4.69, 9.17) is 4.74 Å². The molecule has 1 fully saturated rings. The summed E-state index contributed by atoms with van der Waals surface area (Å²) >= 11 is 4.32. The lowest BCUT2D eigenvalue weighted by Gasteiger charge is -2.36. The molecule has 0 bridgehead atoms. The van der Waals surface area contributed by atoms with Crippen LogP contribution in [0.5, 0.6) is 0 Å². The number of morpholine rings is 1. The standard InChI is InChI=1S/C10H21NOS/c1-3-10-7-12-5-4-11(10)6-9(2)8-13/h9-10,13H,3-8H2,1-2H3. The number of hydrogen-bond donors (Lipinski definition) is 1. The summed E-state index contributed by atoms with van der Waals surface area (Å²) in [5.74, 6) is 1.67. The third-order valence-electron chi connectivity index (χ3n) is 2.68. The Balaban J connectivity index is 2.35. The molecule has 13 heavy (non-hydrogen) atoms. The van der Waals surface area contributed by atoms with Crippen LogP contribution in [0.3, 0.4) is 0 Å². The maximum atomic E-state index is 5.46. The molecule has 0 N–H and O–H groups in total. The molecule has 2 atom stereocenters. The normalized spacial score (nSPS) is 27.5. The van der Waals surface area contributed by atoms with Crippen molar-refractivity contribution >= 4 is 12.6 Å². The van der Waals surface area contributed by atoms with Gasteiger partial charge < -0.3 is 4.74 Å². The van der Waals surface area contributed by atoms with Gasteiger partial charge in [-0.05, 0) is 18.1 Å². The summed E-state index contributed by atoms with van der Waals surface area (Å²) in [5.41, 5.74) is 0. The van der Waals surface area contributed by atoms with E-state index in [1.54, 1.807) is 0 Å². The zero-order valence-corrected chi connectivity index (χ0v) is 9.59. The Hall–Kier alpha value is 0.270. The van der Waals surface area contributed by atoms with E-state index in [1.165, 1.54) is 13.0 Å². The molecule has 1 aliphatic rings. The van der Waals surface area contributed by atoms with Gasteiger partial charge in [-0.15, -0.1) is 0 Å². The van der Waals surface area contributed by atoms with E-state index in [9.17, 15) is 0 Å². The minimum Gasteiger partial charge on any atom is -0.378 e. The molecule has 0 amide bonds. The SMILES string of the molecule is CCC1COCCN1CC(C)CS. The van der Waals surface area contributed by atoms with Gasteiger partial charge in [0.25, 0.3) is 0 Å². The van der Waals surface area contributed by atoms with Crippen molar-refractivity contribution in [2.75, 3.05) is 32.1 Å². The van der Waals surface area contributed by atoms with Gasteiger partial charge in [0.15, 0.2) is 0 Å². The number of ether oxygens (including phenoxy) is 1. The third-order valence-corrected chi connectivity index (χ3v) is 3.30. The minimum absolute atomic E-state index is 0.635. The van der Waals surface area contributed by atoms with Crippen LogP contribution in [0.15, 0.2) is 0 Å². The average Bonchev–Trinajstić information content (AvgIpc) is 2.18. The van der Waals surface area contributed by atoms with Crippen molar-refractivity contribution in [3.8, 4) is 0 Å². The van der Waals surface area contributed by atoms with Gasteiger partial charge >= 0.3 is 0 Å². The molecule has 1 rings (SSSR count). The molecule has 0 spiro atoms. The molecule has 0 radical (unpaired) electrons. The van der Waals surface area contributed by atoms with Crippen molar-refractivity contribution in [2.45, 2.75) is 26.3 Å². The Bertz CT molecular complexity index is 143. The molecule has 78 valence electrons. The maximum Gasteiger partial charge on any atom is 0.0622 e. The molecule has 0 aromatic rings. The fourth-order valence-electron chi connectivity index (χ4n) is 1.76. The van der Waals surface area contributed by atoms with E-state index in [1.807, 2.05) is 0 Å². The zero-order valence-electron chi connectivity index (χ0n) is 8.70. The van der Waals surface area contributed by atoms with E-state index in [0.29, 0.717) is 12.0 Å². The average molecular weight is 203 g/mol. The van der Waals surface area contributed by atoms with Gasteiger partial charge in [-0.2, -0.15) is 12.6 Å². The summed E-state index contributed by atoms with van der Waals surface area (Å²) in [6.45, 7) is 8.57. The van der Waals surface area contributed by atoms with E-state index < -0.39 is 0 Å². The topological polar surface area (TPSA) is 12.5 Å². The molecule has 1 saturated heterocycles. The zero-order chi connectivity index (χ0) is 9.68. The highest BCUT2D eigenvalue weighted by Crippen LogP contribution is 2.12. The quantitative estimate of drug-likeness (QED) is 0.698. The second-order valence-corrected chi connectivity index (χ2v) is 4.28. The van der Waals surface area contributed by atoms with Gasteiger partial charge in [0, 0.05) is 19.1 Å². The summed E-state index contributed by atoms with van der Waals surface area (Å²) < 4.78 is 5.46. The van der Waals surface area contributed by atoms with Crippen LogP contribution in [-0.2, 0) is 4.74 Å². The van der Waals surface area contributed by atoms with Crippen LogP contribution in [0.1, 0.15) is 20.3 Å². The molecule has 2 unspecified atom stereocenters. The highest BCUT2D eigenvalue weighted by Gasteiger charge is 2.22. The second kappa shape index (κ2) is 5.89. The molecule has 0 saturated carbocycles. The largest absolute Gasteiger partial charge is 0.378 e. The summed E-state index contributed by atoms with van der Waals surface area (Å²) in [4.78, 5) is 2.55. The van der Waals surface area contributed by atoms with Crippen LogP contribution in [-0.4, -0.2) is 43.0 Å². The molecule has 1 heterocycles. The van der Waals surface area contributed by atoms with Crippen molar-refractivity contribution in [2.24, 2.45) is 5.92 Å². The summed E-state index contributed by atoms with van der Waals surface area (Å²) in [6, 6.07) is 0.635. The highest BCUT2D eigenvalue weighted by atomic mass is 32.1. The van der Waals surface area contributed by atoms with Crippen molar-refractivity contribution < 1.29 is 4.74 Å². The molecule has 0 aromatic heterocycles. The Morgan fingerprint density at radius 1 is 1.62 bits per heavy atom. The second-order valence-electron chi connectivity index (χ2n) is 3.92. The van der Waals surface area contributed by atoms with Gasteiger partial charge in [0.1, 0.15) is 0 Å². The van der Waals surface area contributed by atoms with Crippen molar-refractivity contribution in [3.63, 3.8) is 0 Å². The summed E-state index contributed by atoms with van der Waals surface area (Å²) in [6.07, 6.45) is 1.19. The van der Waals surface area contributed by atoms with Gasteiger partial charge in [-0.25, -0.2) is 0 Å². The minimum atomic E-state index is 0.635. The van der Waals surface area contributed by atoms with Gasteiger partial charge in [-0.3, -0.25) is 4.90 Å². The summed E-state index contributed by atoms with van der Waals surface area (Å²) in [5, 5.41) is 0. The molecule has 3 heteroatoms. The first-order chi connectivity index (χ1) is 6.27. The van der Waals surface area contributed by atoms with Crippen LogP contribution in [0, 0.1) is 5.92 Å². The van der Waals surface area contributed by atoms with Crippen molar-refractivity contribution in [1.82, 2.24) is 4.90 Å².